The molecule has 4 aliphatic rings. The number of hydrogen-bond donors (Lipinski definition) is 2. The Kier molecular flexibility index (Phi) is 5.89. The van der Waals surface area contributed by atoms with Crippen molar-refractivity contribution in [3.63, 3.8) is 0 Å². The highest BCUT2D eigenvalue weighted by Crippen LogP contribution is 2.60. The molecule has 5 rings (SSSR count). The number of carbonyl (C=O) groups is 3. The fourth-order valence-electron chi connectivity index (χ4n) is 4.40. The van der Waals surface area contributed by atoms with E-state index in [9.17, 15) is 14.4 Å². The molecule has 152 valence electrons. The van der Waals surface area contributed by atoms with Crippen molar-refractivity contribution >= 4 is 23.4 Å². The summed E-state index contributed by atoms with van der Waals surface area (Å²) in [6.45, 7) is 9.89. The number of piperidine rings is 1. The quantitative estimate of drug-likeness (QED) is 0.767. The lowest BCUT2D eigenvalue weighted by Crippen LogP contribution is -2.54. The van der Waals surface area contributed by atoms with Crippen LogP contribution >= 0.6 is 0 Å². The minimum Gasteiger partial charge on any atom is -0.315 e. The maximum absolute atomic E-state index is 13.2. The molecule has 3 amide bonds. The Morgan fingerprint density at radius 3 is 2.25 bits per heavy atom. The number of amides is 3. The lowest BCUT2D eigenvalue weighted by molar-refractivity contribution is -0.135. The fourth-order valence-corrected chi connectivity index (χ4v) is 4.40. The average Bonchev–Trinajstić information content (AvgIpc) is 3.43. The van der Waals surface area contributed by atoms with Crippen LogP contribution in [0.1, 0.15) is 70.4 Å². The van der Waals surface area contributed by atoms with Crippen molar-refractivity contribution in [1.82, 2.24) is 10.6 Å². The molecule has 1 aromatic rings. The first kappa shape index (κ1) is 20.5. The molecule has 28 heavy (non-hydrogen) atoms. The first-order chi connectivity index (χ1) is 13.6. The van der Waals surface area contributed by atoms with E-state index in [-0.39, 0.29) is 24.1 Å². The van der Waals surface area contributed by atoms with E-state index in [1.165, 1.54) is 5.56 Å². The van der Waals surface area contributed by atoms with Crippen molar-refractivity contribution in [2.24, 2.45) is 0 Å². The minimum atomic E-state index is -0.566. The summed E-state index contributed by atoms with van der Waals surface area (Å²) in [5.41, 5.74) is 2.87. The van der Waals surface area contributed by atoms with E-state index >= 15 is 0 Å². The SMILES string of the molecule is CC.CC.O=C1CCC(N2C(=O)C3(CC3)c3c(C4CNC4)cccc32)C(=O)N1. The molecule has 1 atom stereocenters. The van der Waals surface area contributed by atoms with E-state index in [4.69, 9.17) is 0 Å². The minimum absolute atomic E-state index is 0.0479. The second-order valence-electron chi connectivity index (χ2n) is 7.32. The van der Waals surface area contributed by atoms with E-state index in [1.807, 2.05) is 39.8 Å². The molecular formula is C22H31N3O3. The topological polar surface area (TPSA) is 78.5 Å². The summed E-state index contributed by atoms with van der Waals surface area (Å²) < 4.78 is 0. The Morgan fingerprint density at radius 2 is 1.71 bits per heavy atom. The van der Waals surface area contributed by atoms with Crippen molar-refractivity contribution in [3.8, 4) is 0 Å². The molecule has 2 saturated heterocycles. The lowest BCUT2D eigenvalue weighted by atomic mass is 9.83. The molecule has 0 bridgehead atoms. The van der Waals surface area contributed by atoms with Crippen LogP contribution in [-0.2, 0) is 19.8 Å². The van der Waals surface area contributed by atoms with Gasteiger partial charge in [-0.2, -0.15) is 0 Å². The van der Waals surface area contributed by atoms with Gasteiger partial charge in [0, 0.05) is 31.1 Å². The van der Waals surface area contributed by atoms with Crippen molar-refractivity contribution < 1.29 is 14.4 Å². The van der Waals surface area contributed by atoms with Crippen LogP contribution in [0.2, 0.25) is 0 Å². The number of nitrogens with one attached hydrogen (secondary N) is 2. The van der Waals surface area contributed by atoms with Gasteiger partial charge in [-0.3, -0.25) is 24.6 Å². The summed E-state index contributed by atoms with van der Waals surface area (Å²) in [6, 6.07) is 5.51. The molecule has 1 aromatic carbocycles. The zero-order valence-electron chi connectivity index (χ0n) is 17.3. The van der Waals surface area contributed by atoms with Crippen LogP contribution in [0.4, 0.5) is 5.69 Å². The number of carbonyl (C=O) groups excluding carboxylic acids is 3. The Balaban J connectivity index is 0.000000531. The highest BCUT2D eigenvalue weighted by Gasteiger charge is 2.62. The molecule has 1 saturated carbocycles. The van der Waals surface area contributed by atoms with Gasteiger partial charge in [-0.15, -0.1) is 0 Å². The number of rotatable bonds is 2. The summed E-state index contributed by atoms with van der Waals surface area (Å²) in [6.07, 6.45) is 2.41. The summed E-state index contributed by atoms with van der Waals surface area (Å²) >= 11 is 0. The van der Waals surface area contributed by atoms with Crippen LogP contribution < -0.4 is 15.5 Å². The van der Waals surface area contributed by atoms with Crippen LogP contribution in [0, 0.1) is 0 Å². The van der Waals surface area contributed by atoms with Crippen LogP contribution in [0.3, 0.4) is 0 Å². The Morgan fingerprint density at radius 1 is 1.04 bits per heavy atom. The normalized spacial score (nSPS) is 24.4. The molecule has 6 nitrogen and oxygen atoms in total. The second-order valence-corrected chi connectivity index (χ2v) is 7.32. The van der Waals surface area contributed by atoms with Gasteiger partial charge in [0.1, 0.15) is 6.04 Å². The molecule has 6 heteroatoms. The van der Waals surface area contributed by atoms with E-state index in [1.54, 1.807) is 4.90 Å². The maximum Gasteiger partial charge on any atom is 0.249 e. The Labute approximate surface area is 167 Å². The van der Waals surface area contributed by atoms with Crippen LogP contribution in [0.25, 0.3) is 0 Å². The summed E-state index contributed by atoms with van der Waals surface area (Å²) in [5, 5.41) is 5.68. The van der Waals surface area contributed by atoms with E-state index in [2.05, 4.69) is 16.7 Å². The highest BCUT2D eigenvalue weighted by atomic mass is 16.2. The molecule has 1 spiro atoms. The van der Waals surface area contributed by atoms with Crippen molar-refractivity contribution in [1.29, 1.82) is 0 Å². The maximum atomic E-state index is 13.2. The monoisotopic (exact) mass is 385 g/mol. The Bertz CT molecular complexity index is 781. The molecule has 0 aromatic heterocycles. The van der Waals surface area contributed by atoms with Crippen molar-refractivity contribution in [3.05, 3.63) is 29.3 Å². The van der Waals surface area contributed by atoms with Gasteiger partial charge in [-0.05, 0) is 36.5 Å². The summed E-state index contributed by atoms with van der Waals surface area (Å²) in [4.78, 5) is 38.7. The first-order valence-corrected chi connectivity index (χ1v) is 10.6. The zero-order valence-corrected chi connectivity index (χ0v) is 17.3. The van der Waals surface area contributed by atoms with Crippen LogP contribution in [0.15, 0.2) is 18.2 Å². The van der Waals surface area contributed by atoms with Gasteiger partial charge in [-0.1, -0.05) is 39.8 Å². The van der Waals surface area contributed by atoms with E-state index in [0.29, 0.717) is 12.3 Å². The zero-order chi connectivity index (χ0) is 20.5. The molecule has 3 heterocycles. The van der Waals surface area contributed by atoms with Gasteiger partial charge < -0.3 is 5.32 Å². The van der Waals surface area contributed by atoms with Crippen LogP contribution in [-0.4, -0.2) is 36.9 Å². The van der Waals surface area contributed by atoms with Crippen molar-refractivity contribution in [2.45, 2.75) is 70.8 Å². The lowest BCUT2D eigenvalue weighted by Gasteiger charge is -2.31. The van der Waals surface area contributed by atoms with Gasteiger partial charge >= 0.3 is 0 Å². The number of hydrogen-bond acceptors (Lipinski definition) is 4. The van der Waals surface area contributed by atoms with E-state index in [0.717, 1.165) is 37.2 Å². The van der Waals surface area contributed by atoms with Gasteiger partial charge in [0.2, 0.25) is 17.7 Å². The molecule has 0 radical (unpaired) electrons. The van der Waals surface area contributed by atoms with E-state index < -0.39 is 11.5 Å². The van der Waals surface area contributed by atoms with Gasteiger partial charge in [-0.25, -0.2) is 0 Å². The number of imide groups is 1. The Hall–Kier alpha value is -2.21. The molecule has 1 unspecified atom stereocenters. The van der Waals surface area contributed by atoms with Gasteiger partial charge in [0.15, 0.2) is 0 Å². The second kappa shape index (κ2) is 8.03. The third-order valence-electron chi connectivity index (χ3n) is 5.93. The molecule has 3 aliphatic heterocycles. The average molecular weight is 386 g/mol. The summed E-state index contributed by atoms with van der Waals surface area (Å²) in [7, 11) is 0. The smallest absolute Gasteiger partial charge is 0.249 e. The predicted octanol–water partition coefficient (Wildman–Crippen LogP) is 2.61. The third kappa shape index (κ3) is 3.04. The van der Waals surface area contributed by atoms with Crippen molar-refractivity contribution in [2.75, 3.05) is 18.0 Å². The molecule has 2 N–H and O–H groups in total. The largest absolute Gasteiger partial charge is 0.315 e. The highest BCUT2D eigenvalue weighted by molar-refractivity contribution is 6.15. The van der Waals surface area contributed by atoms with Gasteiger partial charge in [0.05, 0.1) is 5.41 Å². The molecule has 3 fully saturated rings. The number of anilines is 1. The number of nitrogens with zero attached hydrogens (tertiary/aromatic N) is 1. The predicted molar refractivity (Wildman–Crippen MR) is 109 cm³/mol. The fraction of sp³-hybridized carbons (Fsp3) is 0.591. The standard InChI is InChI=1S/C18H19N3O3.2C2H6/c22-14-5-4-13(16(23)20-14)21-12-3-1-2-11(10-8-19-9-10)15(12)18(6-7-18)17(21)24;2*1-2/h1-3,10,13,19H,4-9H2,(H,20,22,23);2*1-2H3. The molecular weight excluding hydrogens is 354 g/mol. The third-order valence-corrected chi connectivity index (χ3v) is 5.93. The van der Waals surface area contributed by atoms with Crippen LogP contribution in [0.5, 0.6) is 0 Å². The number of fused-ring (bicyclic) bond motifs is 2. The number of benzene rings is 1. The molecule has 1 aliphatic carbocycles. The summed E-state index contributed by atoms with van der Waals surface area (Å²) in [5.74, 6) is -0.101. The first-order valence-electron chi connectivity index (χ1n) is 10.6. The van der Waals surface area contributed by atoms with Gasteiger partial charge in [0.25, 0.3) is 0 Å².